The molecule has 120 valence electrons. The molecule has 0 saturated heterocycles. The molecular weight excluding hydrogens is 314 g/mol. The van der Waals surface area contributed by atoms with Gasteiger partial charge in [0.05, 0.1) is 5.69 Å². The van der Waals surface area contributed by atoms with E-state index >= 15 is 0 Å². The van der Waals surface area contributed by atoms with Gasteiger partial charge in [-0.3, -0.25) is 4.31 Å². The van der Waals surface area contributed by atoms with Crippen molar-refractivity contribution in [2.45, 2.75) is 25.7 Å². The van der Waals surface area contributed by atoms with Crippen molar-refractivity contribution < 1.29 is 13.0 Å². The van der Waals surface area contributed by atoms with Gasteiger partial charge in [-0.05, 0) is 66.5 Å². The molecule has 23 heavy (non-hydrogen) atoms. The highest BCUT2D eigenvalue weighted by atomic mass is 32.2. The summed E-state index contributed by atoms with van der Waals surface area (Å²) in [6, 6.07) is 10.4. The summed E-state index contributed by atoms with van der Waals surface area (Å²) >= 11 is 0. The maximum atomic E-state index is 13.1. The molecule has 0 atom stereocenters. The number of benzene rings is 2. The molecule has 0 aliphatic heterocycles. The van der Waals surface area contributed by atoms with Crippen LogP contribution in [0.15, 0.2) is 45.9 Å². The number of nitrogens with zero attached hydrogens (tertiary/aromatic N) is 3. The molecule has 0 unspecified atom stereocenters. The summed E-state index contributed by atoms with van der Waals surface area (Å²) in [4.78, 5) is 0.0938. The topological polar surface area (TPSA) is 76.3 Å². The van der Waals surface area contributed by atoms with Gasteiger partial charge in [0.15, 0.2) is 5.52 Å². The first-order valence-electron chi connectivity index (χ1n) is 7.26. The molecule has 0 radical (unpaired) electrons. The number of aryl methyl sites for hydroxylation is 2. The minimum Gasteiger partial charge on any atom is -0.267 e. The van der Waals surface area contributed by atoms with Crippen molar-refractivity contribution in [2.75, 3.05) is 10.8 Å². The molecule has 6 nitrogen and oxygen atoms in total. The predicted molar refractivity (Wildman–Crippen MR) is 87.9 cm³/mol. The third-order valence-electron chi connectivity index (χ3n) is 3.88. The summed E-state index contributed by atoms with van der Waals surface area (Å²) in [6.07, 6.45) is 0. The fourth-order valence-electron chi connectivity index (χ4n) is 2.48. The third-order valence-corrected chi connectivity index (χ3v) is 5.82. The lowest BCUT2D eigenvalue weighted by molar-refractivity contribution is 0.315. The van der Waals surface area contributed by atoms with Gasteiger partial charge in [-0.2, -0.15) is 0 Å². The fraction of sp³-hybridized carbons (Fsp3) is 0.250. The lowest BCUT2D eigenvalue weighted by atomic mass is 10.1. The van der Waals surface area contributed by atoms with E-state index < -0.39 is 10.0 Å². The van der Waals surface area contributed by atoms with E-state index in [9.17, 15) is 8.42 Å². The molecule has 0 amide bonds. The van der Waals surface area contributed by atoms with Gasteiger partial charge in [0.25, 0.3) is 10.0 Å². The molecule has 1 aromatic heterocycles. The number of aromatic nitrogens is 2. The Kier molecular flexibility index (Phi) is 3.81. The molecule has 0 aliphatic rings. The van der Waals surface area contributed by atoms with E-state index in [1.165, 1.54) is 10.4 Å². The smallest absolute Gasteiger partial charge is 0.266 e. The third kappa shape index (κ3) is 2.57. The fourth-order valence-corrected chi connectivity index (χ4v) is 4.09. The summed E-state index contributed by atoms with van der Waals surface area (Å²) in [7, 11) is -3.76. The molecule has 0 fully saturated rings. The summed E-state index contributed by atoms with van der Waals surface area (Å²) in [5, 5.41) is 7.44. The normalized spacial score (nSPS) is 11.8. The second-order valence-corrected chi connectivity index (χ2v) is 7.16. The second-order valence-electron chi connectivity index (χ2n) is 5.33. The molecule has 0 N–H and O–H groups in total. The first kappa shape index (κ1) is 15.5. The summed E-state index contributed by atoms with van der Waals surface area (Å²) in [5.74, 6) is 0. The van der Waals surface area contributed by atoms with Crippen molar-refractivity contribution >= 4 is 26.7 Å². The van der Waals surface area contributed by atoms with E-state index in [2.05, 4.69) is 14.9 Å². The molecule has 3 aromatic rings. The Labute approximate surface area is 134 Å². The minimum atomic E-state index is -3.76. The number of sulfonamides is 1. The summed E-state index contributed by atoms with van der Waals surface area (Å²) in [5.41, 5.74) is 3.45. The van der Waals surface area contributed by atoms with E-state index in [1.807, 2.05) is 32.0 Å². The lowest BCUT2D eigenvalue weighted by Crippen LogP contribution is -2.31. The molecule has 0 bridgehead atoms. The van der Waals surface area contributed by atoms with Gasteiger partial charge in [-0.15, -0.1) is 0 Å². The molecule has 0 spiro atoms. The zero-order valence-electron chi connectivity index (χ0n) is 13.1. The molecule has 0 aliphatic carbocycles. The van der Waals surface area contributed by atoms with Gasteiger partial charge in [0.2, 0.25) is 0 Å². The molecule has 0 saturated carbocycles. The second kappa shape index (κ2) is 5.66. The van der Waals surface area contributed by atoms with Crippen LogP contribution in [0.5, 0.6) is 0 Å². The van der Waals surface area contributed by atoms with Crippen LogP contribution in [0.1, 0.15) is 18.1 Å². The largest absolute Gasteiger partial charge is 0.267 e. The van der Waals surface area contributed by atoms with Crippen LogP contribution < -0.4 is 4.31 Å². The lowest BCUT2D eigenvalue weighted by Gasteiger charge is -2.23. The van der Waals surface area contributed by atoms with Crippen LogP contribution in [0.4, 0.5) is 5.69 Å². The molecular formula is C16H17N3O3S. The monoisotopic (exact) mass is 331 g/mol. The standard InChI is InChI=1S/C16H17N3O3S/c1-4-19(13-9-8-11(2)12(3)10-13)23(20,21)15-7-5-6-14-16(15)18-22-17-14/h5-10H,4H2,1-3H3. The highest BCUT2D eigenvalue weighted by Gasteiger charge is 2.27. The van der Waals surface area contributed by atoms with E-state index in [-0.39, 0.29) is 10.4 Å². The van der Waals surface area contributed by atoms with Gasteiger partial charge < -0.3 is 0 Å². The predicted octanol–water partition coefficient (Wildman–Crippen LogP) is 3.05. The summed E-state index contributed by atoms with van der Waals surface area (Å²) in [6.45, 7) is 6.06. The van der Waals surface area contributed by atoms with Crippen molar-refractivity contribution in [1.29, 1.82) is 0 Å². The van der Waals surface area contributed by atoms with Crippen LogP contribution in [0.2, 0.25) is 0 Å². The van der Waals surface area contributed by atoms with E-state index in [1.54, 1.807) is 19.1 Å². The first-order valence-corrected chi connectivity index (χ1v) is 8.70. The Morgan fingerprint density at radius 1 is 1.09 bits per heavy atom. The van der Waals surface area contributed by atoms with Crippen molar-refractivity contribution in [3.8, 4) is 0 Å². The Bertz CT molecular complexity index is 964. The van der Waals surface area contributed by atoms with E-state index in [4.69, 9.17) is 0 Å². The van der Waals surface area contributed by atoms with Crippen LogP contribution >= 0.6 is 0 Å². The first-order chi connectivity index (χ1) is 10.9. The average molecular weight is 331 g/mol. The van der Waals surface area contributed by atoms with Crippen molar-refractivity contribution in [3.63, 3.8) is 0 Å². The molecule has 1 heterocycles. The molecule has 2 aromatic carbocycles. The number of hydrogen-bond donors (Lipinski definition) is 0. The van der Waals surface area contributed by atoms with Crippen LogP contribution in [-0.2, 0) is 10.0 Å². The quantitative estimate of drug-likeness (QED) is 0.734. The van der Waals surface area contributed by atoms with Crippen LogP contribution in [0, 0.1) is 13.8 Å². The molecule has 7 heteroatoms. The van der Waals surface area contributed by atoms with Crippen molar-refractivity contribution in [2.24, 2.45) is 0 Å². The number of anilines is 1. The van der Waals surface area contributed by atoms with Crippen LogP contribution in [-0.4, -0.2) is 25.3 Å². The maximum absolute atomic E-state index is 13.1. The van der Waals surface area contributed by atoms with Gasteiger partial charge in [-0.1, -0.05) is 12.1 Å². The number of rotatable bonds is 4. The highest BCUT2D eigenvalue weighted by Crippen LogP contribution is 2.28. The zero-order valence-corrected chi connectivity index (χ0v) is 14.0. The average Bonchev–Trinajstić information content (AvgIpc) is 2.99. The highest BCUT2D eigenvalue weighted by molar-refractivity contribution is 7.93. The maximum Gasteiger partial charge on any atom is 0.266 e. The minimum absolute atomic E-state index is 0.0938. The van der Waals surface area contributed by atoms with Crippen LogP contribution in [0.25, 0.3) is 11.0 Å². The number of hydrogen-bond acceptors (Lipinski definition) is 5. The van der Waals surface area contributed by atoms with Gasteiger partial charge >= 0.3 is 0 Å². The van der Waals surface area contributed by atoms with E-state index in [0.29, 0.717) is 17.7 Å². The summed E-state index contributed by atoms with van der Waals surface area (Å²) < 4.78 is 32.2. The Morgan fingerprint density at radius 2 is 1.87 bits per heavy atom. The molecule has 3 rings (SSSR count). The van der Waals surface area contributed by atoms with Crippen LogP contribution in [0.3, 0.4) is 0 Å². The van der Waals surface area contributed by atoms with Gasteiger partial charge in [0, 0.05) is 6.54 Å². The van der Waals surface area contributed by atoms with Gasteiger partial charge in [0.1, 0.15) is 10.4 Å². The number of fused-ring (bicyclic) bond motifs is 1. The van der Waals surface area contributed by atoms with Gasteiger partial charge in [-0.25, -0.2) is 13.0 Å². The Hall–Kier alpha value is -2.41. The van der Waals surface area contributed by atoms with Crippen molar-refractivity contribution in [1.82, 2.24) is 10.3 Å². The Balaban J connectivity index is 2.16. The SMILES string of the molecule is CCN(c1ccc(C)c(C)c1)S(=O)(=O)c1cccc2nonc12. The van der Waals surface area contributed by atoms with Crippen molar-refractivity contribution in [3.05, 3.63) is 47.5 Å². The zero-order chi connectivity index (χ0) is 16.6. The Morgan fingerprint density at radius 3 is 2.57 bits per heavy atom. The van der Waals surface area contributed by atoms with E-state index in [0.717, 1.165) is 11.1 Å².